The van der Waals surface area contributed by atoms with Gasteiger partial charge in [-0.05, 0) is 36.8 Å². The number of alkyl halides is 2. The fourth-order valence-electron chi connectivity index (χ4n) is 3.79. The number of hydrogen-bond donors (Lipinski definition) is 4. The summed E-state index contributed by atoms with van der Waals surface area (Å²) in [6, 6.07) is 10.8. The largest absolute Gasteiger partial charge is 0.393 e. The second-order valence-corrected chi connectivity index (χ2v) is 8.82. The first-order chi connectivity index (χ1) is 19.4. The Morgan fingerprint density at radius 1 is 1.00 bits per heavy atom. The molecule has 1 unspecified atom stereocenters. The number of nitrogens with one attached hydrogen (secondary N) is 3. The van der Waals surface area contributed by atoms with Crippen molar-refractivity contribution in [2.24, 2.45) is 0 Å². The van der Waals surface area contributed by atoms with Gasteiger partial charge >= 0.3 is 5.92 Å². The van der Waals surface area contributed by atoms with Crippen LogP contribution >= 0.6 is 0 Å². The van der Waals surface area contributed by atoms with E-state index in [-0.39, 0.29) is 23.6 Å². The molecule has 11 nitrogen and oxygen atoms in total. The Balaban J connectivity index is 1.88. The standard InChI is InChI=1S/C27H27F3N6O5/c1-2-32-21(37)14-34-26(41)27(29,30)23(39)20(12-16-6-4-3-5-7-16)35-22(38)15-36-24(33-13-19(31)25(36)40)17-8-10-18(28)11-9-17/h3-11,13,20H,2,12,14-15,31H2,1H3,(H,32,37)(H,34,41)(H,35,38). The van der Waals surface area contributed by atoms with E-state index in [2.05, 4.69) is 15.6 Å². The number of rotatable bonds is 12. The van der Waals surface area contributed by atoms with Crippen LogP contribution in [0.15, 0.2) is 65.6 Å². The molecule has 0 spiro atoms. The van der Waals surface area contributed by atoms with Gasteiger partial charge in [0.05, 0.1) is 18.8 Å². The van der Waals surface area contributed by atoms with Gasteiger partial charge in [-0.15, -0.1) is 0 Å². The van der Waals surface area contributed by atoms with Crippen molar-refractivity contribution in [3.05, 3.63) is 82.5 Å². The number of nitrogen functional groups attached to an aromatic ring is 1. The van der Waals surface area contributed by atoms with Gasteiger partial charge in [0.1, 0.15) is 23.9 Å². The van der Waals surface area contributed by atoms with Gasteiger partial charge in [-0.2, -0.15) is 8.78 Å². The average molecular weight is 573 g/mol. The van der Waals surface area contributed by atoms with Crippen LogP contribution in [0.5, 0.6) is 0 Å². The Bertz CT molecular complexity index is 1480. The third kappa shape index (κ3) is 7.77. The molecule has 0 saturated carbocycles. The molecule has 0 aliphatic heterocycles. The van der Waals surface area contributed by atoms with Crippen LogP contribution in [0.2, 0.25) is 0 Å². The molecule has 2 aromatic carbocycles. The van der Waals surface area contributed by atoms with Crippen molar-refractivity contribution in [1.29, 1.82) is 0 Å². The van der Waals surface area contributed by atoms with Crippen molar-refractivity contribution in [3.8, 4) is 11.4 Å². The Morgan fingerprint density at radius 3 is 2.29 bits per heavy atom. The van der Waals surface area contributed by atoms with Crippen LogP contribution in [0.3, 0.4) is 0 Å². The highest BCUT2D eigenvalue weighted by molar-refractivity contribution is 6.11. The van der Waals surface area contributed by atoms with E-state index >= 15 is 0 Å². The van der Waals surface area contributed by atoms with Crippen molar-refractivity contribution in [1.82, 2.24) is 25.5 Å². The first-order valence-electron chi connectivity index (χ1n) is 12.4. The average Bonchev–Trinajstić information content (AvgIpc) is 2.95. The van der Waals surface area contributed by atoms with Crippen LogP contribution in [-0.4, -0.2) is 58.1 Å². The number of carbonyl (C=O) groups is 4. The molecule has 1 aromatic heterocycles. The zero-order valence-corrected chi connectivity index (χ0v) is 21.8. The molecule has 3 rings (SSSR count). The molecule has 3 aromatic rings. The van der Waals surface area contributed by atoms with E-state index in [4.69, 9.17) is 5.73 Å². The molecular formula is C27H27F3N6O5. The molecular weight excluding hydrogens is 545 g/mol. The number of amides is 3. The lowest BCUT2D eigenvalue weighted by molar-refractivity contribution is -0.160. The predicted molar refractivity (Wildman–Crippen MR) is 142 cm³/mol. The quantitative estimate of drug-likeness (QED) is 0.233. The minimum absolute atomic E-state index is 0.0691. The lowest BCUT2D eigenvalue weighted by atomic mass is 9.98. The van der Waals surface area contributed by atoms with Crippen molar-refractivity contribution in [2.45, 2.75) is 31.9 Å². The molecule has 14 heteroatoms. The summed E-state index contributed by atoms with van der Waals surface area (Å²) < 4.78 is 44.2. The van der Waals surface area contributed by atoms with Gasteiger partial charge in [0.15, 0.2) is 0 Å². The number of aromatic nitrogens is 2. The lowest BCUT2D eigenvalue weighted by Gasteiger charge is -2.23. The molecule has 0 bridgehead atoms. The zero-order valence-electron chi connectivity index (χ0n) is 21.8. The van der Waals surface area contributed by atoms with Crippen molar-refractivity contribution in [3.63, 3.8) is 0 Å². The highest BCUT2D eigenvalue weighted by atomic mass is 19.3. The molecule has 1 atom stereocenters. The molecule has 5 N–H and O–H groups in total. The van der Waals surface area contributed by atoms with E-state index in [0.717, 1.165) is 22.9 Å². The summed E-state index contributed by atoms with van der Waals surface area (Å²) in [6.45, 7) is 0.203. The lowest BCUT2D eigenvalue weighted by Crippen LogP contribution is -2.56. The Morgan fingerprint density at radius 2 is 1.66 bits per heavy atom. The SMILES string of the molecule is CCNC(=O)CNC(=O)C(F)(F)C(=O)C(Cc1ccccc1)NC(=O)Cn1c(-c2ccc(F)cc2)ncc(N)c1=O. The maximum Gasteiger partial charge on any atom is 0.383 e. The monoisotopic (exact) mass is 572 g/mol. The number of halogens is 3. The number of anilines is 1. The van der Waals surface area contributed by atoms with Crippen molar-refractivity contribution in [2.75, 3.05) is 18.8 Å². The van der Waals surface area contributed by atoms with Crippen LogP contribution in [0, 0.1) is 5.82 Å². The van der Waals surface area contributed by atoms with E-state index in [1.165, 1.54) is 24.3 Å². The third-order valence-electron chi connectivity index (χ3n) is 5.79. The molecule has 0 radical (unpaired) electrons. The highest BCUT2D eigenvalue weighted by Gasteiger charge is 2.50. The van der Waals surface area contributed by atoms with Crippen molar-refractivity contribution < 1.29 is 32.3 Å². The fourth-order valence-corrected chi connectivity index (χ4v) is 3.79. The molecule has 0 aliphatic rings. The van der Waals surface area contributed by atoms with Gasteiger partial charge in [0.2, 0.25) is 17.6 Å². The summed E-state index contributed by atoms with van der Waals surface area (Å²) in [5, 5.41) is 6.21. The van der Waals surface area contributed by atoms with Gasteiger partial charge in [0, 0.05) is 18.5 Å². The number of ketones is 1. The fraction of sp³-hybridized carbons (Fsp3) is 0.259. The molecule has 1 heterocycles. The molecule has 0 aliphatic carbocycles. The maximum absolute atomic E-state index is 15.0. The number of Topliss-reactive ketones (excluding diaryl/α,β-unsaturated/α-hetero) is 1. The van der Waals surface area contributed by atoms with E-state index in [1.807, 2.05) is 0 Å². The van der Waals surface area contributed by atoms with Crippen LogP contribution in [0.25, 0.3) is 11.4 Å². The van der Waals surface area contributed by atoms with E-state index < -0.39 is 66.4 Å². The summed E-state index contributed by atoms with van der Waals surface area (Å²) in [5.74, 6) is -11.0. The topological polar surface area (TPSA) is 165 Å². The number of hydrogen-bond acceptors (Lipinski definition) is 7. The summed E-state index contributed by atoms with van der Waals surface area (Å²) in [4.78, 5) is 66.6. The summed E-state index contributed by atoms with van der Waals surface area (Å²) in [7, 11) is 0. The van der Waals surface area contributed by atoms with Crippen LogP contribution < -0.4 is 27.2 Å². The number of likely N-dealkylation sites (N-methyl/N-ethyl adjacent to an activating group) is 1. The summed E-state index contributed by atoms with van der Waals surface area (Å²) >= 11 is 0. The van der Waals surface area contributed by atoms with Crippen LogP contribution in [-0.2, 0) is 32.1 Å². The molecule has 41 heavy (non-hydrogen) atoms. The molecule has 0 saturated heterocycles. The number of nitrogens with zero attached hydrogens (tertiary/aromatic N) is 2. The van der Waals surface area contributed by atoms with Crippen LogP contribution in [0.4, 0.5) is 18.9 Å². The zero-order chi connectivity index (χ0) is 30.2. The minimum atomic E-state index is -4.62. The number of benzene rings is 2. The summed E-state index contributed by atoms with van der Waals surface area (Å²) in [5.41, 5.74) is 5.15. The summed E-state index contributed by atoms with van der Waals surface area (Å²) in [6.07, 6.45) is 0.636. The maximum atomic E-state index is 15.0. The van der Waals surface area contributed by atoms with E-state index in [9.17, 15) is 37.1 Å². The van der Waals surface area contributed by atoms with Gasteiger partial charge < -0.3 is 21.7 Å². The molecule has 3 amide bonds. The van der Waals surface area contributed by atoms with Gasteiger partial charge in [-0.3, -0.25) is 28.5 Å². The van der Waals surface area contributed by atoms with E-state index in [0.29, 0.717) is 5.56 Å². The Labute approximate surface area is 232 Å². The smallest absolute Gasteiger partial charge is 0.383 e. The van der Waals surface area contributed by atoms with Crippen molar-refractivity contribution >= 4 is 29.2 Å². The van der Waals surface area contributed by atoms with Gasteiger partial charge in [-0.1, -0.05) is 30.3 Å². The molecule has 0 fully saturated rings. The van der Waals surface area contributed by atoms with Gasteiger partial charge in [0.25, 0.3) is 11.5 Å². The Hall–Kier alpha value is -5.01. The second-order valence-electron chi connectivity index (χ2n) is 8.82. The third-order valence-corrected chi connectivity index (χ3v) is 5.79. The van der Waals surface area contributed by atoms with Gasteiger partial charge in [-0.25, -0.2) is 9.37 Å². The number of carbonyl (C=O) groups excluding carboxylic acids is 4. The normalized spacial score (nSPS) is 11.8. The first kappa shape index (κ1) is 30.5. The minimum Gasteiger partial charge on any atom is -0.393 e. The van der Waals surface area contributed by atoms with E-state index in [1.54, 1.807) is 30.4 Å². The first-order valence-corrected chi connectivity index (χ1v) is 12.4. The highest BCUT2D eigenvalue weighted by Crippen LogP contribution is 2.20. The Kier molecular flexibility index (Phi) is 9.95. The van der Waals surface area contributed by atoms with Crippen LogP contribution in [0.1, 0.15) is 12.5 Å². The second kappa shape index (κ2) is 13.4. The number of nitrogens with two attached hydrogens (primary N) is 1. The predicted octanol–water partition coefficient (Wildman–Crippen LogP) is 0.816. The molecule has 216 valence electrons.